The minimum Gasteiger partial charge on any atom is -0.493 e. The number of hydrogen-bond acceptors (Lipinski definition) is 4. The lowest BCUT2D eigenvalue weighted by Crippen LogP contribution is -2.17. The van der Waals surface area contributed by atoms with Crippen LogP contribution in [0.25, 0.3) is 0 Å². The standard InChI is InChI=1S/C16H15FN2O4S/c1-9-13(17)7-11(16(18)20)8-14(9)19-24(21,22)12-2-3-15-10(6-12)4-5-23-15/h2-3,6-8,19H,4-5H2,1H3,(H2,18,20). The van der Waals surface area contributed by atoms with Gasteiger partial charge in [0.15, 0.2) is 0 Å². The molecule has 3 N–H and O–H groups in total. The van der Waals surface area contributed by atoms with Gasteiger partial charge in [0, 0.05) is 17.5 Å². The van der Waals surface area contributed by atoms with Crippen LogP contribution >= 0.6 is 0 Å². The SMILES string of the molecule is Cc1c(F)cc(C(N)=O)cc1NS(=O)(=O)c1ccc2c(c1)CCO2. The smallest absolute Gasteiger partial charge is 0.261 e. The molecule has 0 radical (unpaired) electrons. The Balaban J connectivity index is 1.99. The van der Waals surface area contributed by atoms with Crippen LogP contribution in [0.5, 0.6) is 5.75 Å². The van der Waals surface area contributed by atoms with Gasteiger partial charge in [-0.15, -0.1) is 0 Å². The number of rotatable bonds is 4. The molecule has 0 unspecified atom stereocenters. The first-order chi connectivity index (χ1) is 11.3. The maximum Gasteiger partial charge on any atom is 0.261 e. The van der Waals surface area contributed by atoms with Gasteiger partial charge >= 0.3 is 0 Å². The van der Waals surface area contributed by atoms with E-state index in [-0.39, 0.29) is 21.7 Å². The molecule has 0 saturated carbocycles. The highest BCUT2D eigenvalue weighted by Crippen LogP contribution is 2.29. The molecular formula is C16H15FN2O4S. The van der Waals surface area contributed by atoms with Crippen molar-refractivity contribution in [3.05, 3.63) is 52.8 Å². The van der Waals surface area contributed by atoms with Gasteiger partial charge in [-0.2, -0.15) is 0 Å². The molecule has 0 spiro atoms. The number of hydrogen-bond donors (Lipinski definition) is 2. The molecule has 1 amide bonds. The second-order valence-electron chi connectivity index (χ2n) is 5.47. The molecule has 0 aliphatic carbocycles. The quantitative estimate of drug-likeness (QED) is 0.881. The fraction of sp³-hybridized carbons (Fsp3) is 0.188. The molecule has 126 valence electrons. The van der Waals surface area contributed by atoms with Crippen molar-refractivity contribution in [3.63, 3.8) is 0 Å². The van der Waals surface area contributed by atoms with E-state index in [1.165, 1.54) is 25.1 Å². The zero-order chi connectivity index (χ0) is 17.5. The molecule has 24 heavy (non-hydrogen) atoms. The highest BCUT2D eigenvalue weighted by molar-refractivity contribution is 7.92. The Morgan fingerprint density at radius 3 is 2.75 bits per heavy atom. The molecule has 2 aromatic carbocycles. The minimum absolute atomic E-state index is 0.0273. The second kappa shape index (κ2) is 5.79. The van der Waals surface area contributed by atoms with Crippen LogP contribution < -0.4 is 15.2 Å². The fourth-order valence-electron chi connectivity index (χ4n) is 2.46. The molecule has 0 saturated heterocycles. The van der Waals surface area contributed by atoms with Crippen LogP contribution in [-0.2, 0) is 16.4 Å². The largest absolute Gasteiger partial charge is 0.493 e. The molecule has 1 aliphatic heterocycles. The molecule has 8 heteroatoms. The van der Waals surface area contributed by atoms with Crippen molar-refractivity contribution in [1.29, 1.82) is 0 Å². The number of halogens is 1. The maximum absolute atomic E-state index is 13.9. The first-order valence-corrected chi connectivity index (χ1v) is 8.65. The molecule has 0 aromatic heterocycles. The zero-order valence-corrected chi connectivity index (χ0v) is 13.6. The number of amides is 1. The molecule has 2 aromatic rings. The van der Waals surface area contributed by atoms with Gasteiger partial charge in [-0.3, -0.25) is 9.52 Å². The molecule has 1 heterocycles. The molecule has 0 bridgehead atoms. The summed E-state index contributed by atoms with van der Waals surface area (Å²) >= 11 is 0. The van der Waals surface area contributed by atoms with Gasteiger partial charge in [0.25, 0.3) is 10.0 Å². The van der Waals surface area contributed by atoms with E-state index >= 15 is 0 Å². The zero-order valence-electron chi connectivity index (χ0n) is 12.8. The summed E-state index contributed by atoms with van der Waals surface area (Å²) in [5.74, 6) is -0.901. The van der Waals surface area contributed by atoms with Crippen molar-refractivity contribution in [2.24, 2.45) is 5.73 Å². The number of carbonyl (C=O) groups excluding carboxylic acids is 1. The van der Waals surface area contributed by atoms with Crippen LogP contribution in [0.3, 0.4) is 0 Å². The molecule has 1 aliphatic rings. The van der Waals surface area contributed by atoms with Crippen LogP contribution in [-0.4, -0.2) is 20.9 Å². The Morgan fingerprint density at radius 2 is 2.04 bits per heavy atom. The number of fused-ring (bicyclic) bond motifs is 1. The molecular weight excluding hydrogens is 335 g/mol. The second-order valence-corrected chi connectivity index (χ2v) is 7.15. The van der Waals surface area contributed by atoms with E-state index in [1.807, 2.05) is 0 Å². The third-order valence-electron chi connectivity index (χ3n) is 3.84. The summed E-state index contributed by atoms with van der Waals surface area (Å²) in [7, 11) is -3.94. The van der Waals surface area contributed by atoms with E-state index in [0.29, 0.717) is 18.8 Å². The maximum atomic E-state index is 13.9. The number of primary amides is 1. The highest BCUT2D eigenvalue weighted by Gasteiger charge is 2.21. The summed E-state index contributed by atoms with van der Waals surface area (Å²) in [6.07, 6.45) is 0.628. The van der Waals surface area contributed by atoms with Crippen LogP contribution in [0.15, 0.2) is 35.2 Å². The number of ether oxygens (including phenoxy) is 1. The lowest BCUT2D eigenvalue weighted by atomic mass is 10.1. The third-order valence-corrected chi connectivity index (χ3v) is 5.21. The van der Waals surface area contributed by atoms with Crippen molar-refractivity contribution in [3.8, 4) is 5.75 Å². The first kappa shape index (κ1) is 16.3. The monoisotopic (exact) mass is 350 g/mol. The molecule has 0 atom stereocenters. The predicted octanol–water partition coefficient (Wildman–Crippen LogP) is 1.97. The summed E-state index contributed by atoms with van der Waals surface area (Å²) in [6.45, 7) is 1.92. The summed E-state index contributed by atoms with van der Waals surface area (Å²) < 4.78 is 46.7. The van der Waals surface area contributed by atoms with Gasteiger partial charge in [-0.05, 0) is 42.8 Å². The Hall–Kier alpha value is -2.61. The molecule has 3 rings (SSSR count). The lowest BCUT2D eigenvalue weighted by molar-refractivity contribution is 0.1000. The van der Waals surface area contributed by atoms with Crippen molar-refractivity contribution < 1.29 is 22.3 Å². The van der Waals surface area contributed by atoms with Gasteiger partial charge in [0.2, 0.25) is 5.91 Å². The van der Waals surface area contributed by atoms with Crippen molar-refractivity contribution in [2.75, 3.05) is 11.3 Å². The molecule has 0 fully saturated rings. The van der Waals surface area contributed by atoms with Gasteiger partial charge in [0.1, 0.15) is 11.6 Å². The molecule has 6 nitrogen and oxygen atoms in total. The van der Waals surface area contributed by atoms with E-state index < -0.39 is 21.7 Å². The number of nitrogens with one attached hydrogen (secondary N) is 1. The summed E-state index contributed by atoms with van der Waals surface area (Å²) in [6, 6.07) is 6.71. The predicted molar refractivity (Wildman–Crippen MR) is 86.1 cm³/mol. The van der Waals surface area contributed by atoms with Crippen LogP contribution in [0.4, 0.5) is 10.1 Å². The number of anilines is 1. The van der Waals surface area contributed by atoms with Gasteiger partial charge in [0.05, 0.1) is 17.2 Å². The third kappa shape index (κ3) is 2.92. The van der Waals surface area contributed by atoms with E-state index in [2.05, 4.69) is 4.72 Å². The van der Waals surface area contributed by atoms with Gasteiger partial charge in [-0.25, -0.2) is 12.8 Å². The number of nitrogens with two attached hydrogens (primary N) is 1. The van der Waals surface area contributed by atoms with Crippen molar-refractivity contribution in [2.45, 2.75) is 18.2 Å². The van der Waals surface area contributed by atoms with Crippen molar-refractivity contribution in [1.82, 2.24) is 0 Å². The average molecular weight is 350 g/mol. The first-order valence-electron chi connectivity index (χ1n) is 7.16. The Morgan fingerprint density at radius 1 is 1.29 bits per heavy atom. The van der Waals surface area contributed by atoms with Crippen molar-refractivity contribution >= 4 is 21.6 Å². The average Bonchev–Trinajstić information content (AvgIpc) is 2.98. The van der Waals surface area contributed by atoms with Crippen LogP contribution in [0.2, 0.25) is 0 Å². The number of benzene rings is 2. The Labute approximate surface area is 138 Å². The highest BCUT2D eigenvalue weighted by atomic mass is 32.2. The topological polar surface area (TPSA) is 98.5 Å². The van der Waals surface area contributed by atoms with Crippen LogP contribution in [0, 0.1) is 12.7 Å². The van der Waals surface area contributed by atoms with E-state index in [0.717, 1.165) is 11.6 Å². The van der Waals surface area contributed by atoms with E-state index in [9.17, 15) is 17.6 Å². The summed E-state index contributed by atoms with van der Waals surface area (Å²) in [4.78, 5) is 11.3. The van der Waals surface area contributed by atoms with E-state index in [1.54, 1.807) is 6.07 Å². The summed E-state index contributed by atoms with van der Waals surface area (Å²) in [5, 5.41) is 0. The normalized spacial score (nSPS) is 13.2. The Kier molecular flexibility index (Phi) is 3.92. The Bertz CT molecular complexity index is 941. The summed E-state index contributed by atoms with van der Waals surface area (Å²) in [5.41, 5.74) is 5.88. The lowest BCUT2D eigenvalue weighted by Gasteiger charge is -2.13. The van der Waals surface area contributed by atoms with E-state index in [4.69, 9.17) is 10.5 Å². The fourth-order valence-corrected chi connectivity index (χ4v) is 3.62. The van der Waals surface area contributed by atoms with Crippen LogP contribution in [0.1, 0.15) is 21.5 Å². The van der Waals surface area contributed by atoms with Gasteiger partial charge < -0.3 is 10.5 Å². The van der Waals surface area contributed by atoms with Gasteiger partial charge in [-0.1, -0.05) is 0 Å². The number of carbonyl (C=O) groups is 1. The number of sulfonamides is 1. The minimum atomic E-state index is -3.94.